The van der Waals surface area contributed by atoms with Crippen molar-refractivity contribution in [2.45, 2.75) is 13.5 Å². The molecule has 5 nitrogen and oxygen atoms in total. The molecule has 0 aliphatic rings. The van der Waals surface area contributed by atoms with Crippen LogP contribution < -0.4 is 19.5 Å². The summed E-state index contributed by atoms with van der Waals surface area (Å²) >= 11 is 0. The van der Waals surface area contributed by atoms with E-state index in [1.54, 1.807) is 32.4 Å². The lowest BCUT2D eigenvalue weighted by molar-refractivity contribution is 0.0947. The van der Waals surface area contributed by atoms with Gasteiger partial charge in [0.15, 0.2) is 0 Å². The first kappa shape index (κ1) is 16.7. The van der Waals surface area contributed by atoms with Gasteiger partial charge in [0.25, 0.3) is 5.91 Å². The molecule has 1 amide bonds. The van der Waals surface area contributed by atoms with E-state index in [-0.39, 0.29) is 5.91 Å². The fraction of sp³-hybridized carbons (Fsp3) is 0.278. The second-order valence-corrected chi connectivity index (χ2v) is 4.79. The topological polar surface area (TPSA) is 56.8 Å². The molecule has 0 radical (unpaired) electrons. The zero-order valence-electron chi connectivity index (χ0n) is 13.6. The molecular formula is C18H21NO4. The Morgan fingerprint density at radius 3 is 2.52 bits per heavy atom. The van der Waals surface area contributed by atoms with Crippen molar-refractivity contribution in [1.29, 1.82) is 0 Å². The summed E-state index contributed by atoms with van der Waals surface area (Å²) in [5, 5.41) is 2.89. The molecule has 0 aliphatic heterocycles. The van der Waals surface area contributed by atoms with E-state index < -0.39 is 0 Å². The van der Waals surface area contributed by atoms with Crippen LogP contribution in [0.2, 0.25) is 0 Å². The van der Waals surface area contributed by atoms with Crippen LogP contribution in [0.4, 0.5) is 0 Å². The summed E-state index contributed by atoms with van der Waals surface area (Å²) in [5.41, 5.74) is 1.39. The van der Waals surface area contributed by atoms with E-state index in [1.807, 2.05) is 31.2 Å². The minimum absolute atomic E-state index is 0.188. The van der Waals surface area contributed by atoms with Gasteiger partial charge in [0, 0.05) is 18.2 Å². The van der Waals surface area contributed by atoms with Gasteiger partial charge in [-0.25, -0.2) is 0 Å². The van der Waals surface area contributed by atoms with E-state index in [0.717, 1.165) is 5.56 Å². The number of nitrogens with one attached hydrogen (secondary N) is 1. The molecule has 0 saturated heterocycles. The first-order chi connectivity index (χ1) is 11.2. The maximum Gasteiger partial charge on any atom is 0.255 e. The van der Waals surface area contributed by atoms with Crippen LogP contribution in [0.5, 0.6) is 17.2 Å². The van der Waals surface area contributed by atoms with Crippen molar-refractivity contribution in [3.8, 4) is 17.2 Å². The van der Waals surface area contributed by atoms with Gasteiger partial charge in [-0.15, -0.1) is 0 Å². The third-order valence-corrected chi connectivity index (χ3v) is 3.37. The third kappa shape index (κ3) is 4.16. The first-order valence-corrected chi connectivity index (χ1v) is 7.40. The molecule has 2 aromatic carbocycles. The van der Waals surface area contributed by atoms with E-state index in [1.165, 1.54) is 0 Å². The van der Waals surface area contributed by atoms with Crippen molar-refractivity contribution in [3.05, 3.63) is 53.6 Å². The van der Waals surface area contributed by atoms with Gasteiger partial charge in [0.2, 0.25) is 0 Å². The summed E-state index contributed by atoms with van der Waals surface area (Å²) in [6.07, 6.45) is 0. The number of methoxy groups -OCH3 is 2. The molecule has 0 saturated carbocycles. The number of hydrogen-bond acceptors (Lipinski definition) is 4. The standard InChI is InChI=1S/C18H21NO4/c1-4-23-16-8-6-5-7-15(16)18(20)19-12-13-9-10-14(21-2)11-17(13)22-3/h5-11H,4,12H2,1-3H3,(H,19,20). The summed E-state index contributed by atoms with van der Waals surface area (Å²) in [5.74, 6) is 1.77. The minimum Gasteiger partial charge on any atom is -0.497 e. The van der Waals surface area contributed by atoms with Gasteiger partial charge >= 0.3 is 0 Å². The predicted octanol–water partition coefficient (Wildman–Crippen LogP) is 3.03. The van der Waals surface area contributed by atoms with Crippen LogP contribution in [0, 0.1) is 0 Å². The van der Waals surface area contributed by atoms with Crippen LogP contribution in [0.15, 0.2) is 42.5 Å². The Morgan fingerprint density at radius 2 is 1.83 bits per heavy atom. The van der Waals surface area contributed by atoms with Crippen LogP contribution in [0.3, 0.4) is 0 Å². The highest BCUT2D eigenvalue weighted by Crippen LogP contribution is 2.25. The van der Waals surface area contributed by atoms with Crippen molar-refractivity contribution in [1.82, 2.24) is 5.32 Å². The Labute approximate surface area is 136 Å². The molecular weight excluding hydrogens is 294 g/mol. The number of rotatable bonds is 7. The van der Waals surface area contributed by atoms with Gasteiger partial charge in [-0.3, -0.25) is 4.79 Å². The van der Waals surface area contributed by atoms with Gasteiger partial charge in [0.1, 0.15) is 17.2 Å². The molecule has 0 fully saturated rings. The fourth-order valence-corrected chi connectivity index (χ4v) is 2.20. The number of para-hydroxylation sites is 1. The van der Waals surface area contributed by atoms with E-state index >= 15 is 0 Å². The van der Waals surface area contributed by atoms with Gasteiger partial charge < -0.3 is 19.5 Å². The number of carbonyl (C=O) groups is 1. The van der Waals surface area contributed by atoms with Crippen LogP contribution in [0.25, 0.3) is 0 Å². The first-order valence-electron chi connectivity index (χ1n) is 7.40. The fourth-order valence-electron chi connectivity index (χ4n) is 2.20. The zero-order valence-corrected chi connectivity index (χ0v) is 13.6. The Hall–Kier alpha value is -2.69. The average Bonchev–Trinajstić information content (AvgIpc) is 2.60. The highest BCUT2D eigenvalue weighted by molar-refractivity contribution is 5.96. The maximum atomic E-state index is 12.4. The molecule has 2 aromatic rings. The van der Waals surface area contributed by atoms with Crippen molar-refractivity contribution >= 4 is 5.91 Å². The largest absolute Gasteiger partial charge is 0.497 e. The third-order valence-electron chi connectivity index (χ3n) is 3.37. The van der Waals surface area contributed by atoms with Gasteiger partial charge in [-0.2, -0.15) is 0 Å². The number of hydrogen-bond donors (Lipinski definition) is 1. The lowest BCUT2D eigenvalue weighted by Gasteiger charge is -2.13. The molecule has 0 unspecified atom stereocenters. The van der Waals surface area contributed by atoms with Crippen LogP contribution >= 0.6 is 0 Å². The molecule has 0 aliphatic carbocycles. The molecule has 2 rings (SSSR count). The molecule has 0 heterocycles. The van der Waals surface area contributed by atoms with E-state index in [0.29, 0.717) is 36.0 Å². The van der Waals surface area contributed by atoms with E-state index in [4.69, 9.17) is 14.2 Å². The van der Waals surface area contributed by atoms with Gasteiger partial charge in [-0.05, 0) is 31.2 Å². The summed E-state index contributed by atoms with van der Waals surface area (Å²) in [4.78, 5) is 12.4. The monoisotopic (exact) mass is 315 g/mol. The quantitative estimate of drug-likeness (QED) is 0.853. The van der Waals surface area contributed by atoms with Crippen molar-refractivity contribution < 1.29 is 19.0 Å². The summed E-state index contributed by atoms with van der Waals surface area (Å²) in [6.45, 7) is 2.75. The molecule has 122 valence electrons. The maximum absolute atomic E-state index is 12.4. The number of carbonyl (C=O) groups excluding carboxylic acids is 1. The smallest absolute Gasteiger partial charge is 0.255 e. The highest BCUT2D eigenvalue weighted by atomic mass is 16.5. The van der Waals surface area contributed by atoms with Gasteiger partial charge in [0.05, 0.1) is 26.4 Å². The molecule has 0 aromatic heterocycles. The molecule has 5 heteroatoms. The number of benzene rings is 2. The Morgan fingerprint density at radius 1 is 1.04 bits per heavy atom. The average molecular weight is 315 g/mol. The molecule has 0 spiro atoms. The molecule has 1 N–H and O–H groups in total. The molecule has 0 atom stereocenters. The van der Waals surface area contributed by atoms with Crippen molar-refractivity contribution in [2.24, 2.45) is 0 Å². The van der Waals surface area contributed by atoms with Crippen LogP contribution in [0.1, 0.15) is 22.8 Å². The Balaban J connectivity index is 2.10. The summed E-state index contributed by atoms with van der Waals surface area (Å²) in [7, 11) is 3.19. The van der Waals surface area contributed by atoms with Gasteiger partial charge in [-0.1, -0.05) is 12.1 Å². The van der Waals surface area contributed by atoms with Crippen molar-refractivity contribution in [2.75, 3.05) is 20.8 Å². The number of ether oxygens (including phenoxy) is 3. The normalized spacial score (nSPS) is 10.0. The highest BCUT2D eigenvalue weighted by Gasteiger charge is 2.13. The van der Waals surface area contributed by atoms with E-state index in [2.05, 4.69) is 5.32 Å². The minimum atomic E-state index is -0.188. The van der Waals surface area contributed by atoms with E-state index in [9.17, 15) is 4.79 Å². The number of amides is 1. The molecule has 23 heavy (non-hydrogen) atoms. The predicted molar refractivity (Wildman–Crippen MR) is 88.3 cm³/mol. The second-order valence-electron chi connectivity index (χ2n) is 4.79. The Kier molecular flexibility index (Phi) is 5.86. The Bertz CT molecular complexity index is 670. The lowest BCUT2D eigenvalue weighted by Crippen LogP contribution is -2.23. The summed E-state index contributed by atoms with van der Waals surface area (Å²) in [6, 6.07) is 12.7. The SMILES string of the molecule is CCOc1ccccc1C(=O)NCc1ccc(OC)cc1OC. The van der Waals surface area contributed by atoms with Crippen LogP contribution in [-0.4, -0.2) is 26.7 Å². The lowest BCUT2D eigenvalue weighted by atomic mass is 10.1. The van der Waals surface area contributed by atoms with Crippen molar-refractivity contribution in [3.63, 3.8) is 0 Å². The molecule has 0 bridgehead atoms. The second kappa shape index (κ2) is 8.08. The zero-order chi connectivity index (χ0) is 16.7. The summed E-state index contributed by atoms with van der Waals surface area (Å²) < 4.78 is 16.0. The van der Waals surface area contributed by atoms with Crippen LogP contribution in [-0.2, 0) is 6.54 Å².